The highest BCUT2D eigenvalue weighted by Crippen LogP contribution is 2.46. The average molecular weight is 532 g/mol. The van der Waals surface area contributed by atoms with Crippen molar-refractivity contribution >= 4 is 51.0 Å². The maximum absolute atomic E-state index is 13.8. The van der Waals surface area contributed by atoms with Gasteiger partial charge in [0.25, 0.3) is 5.91 Å². The molecule has 4 aromatic rings. The Balaban J connectivity index is 1.39. The van der Waals surface area contributed by atoms with E-state index in [-0.39, 0.29) is 23.7 Å². The number of ether oxygens (including phenoxy) is 1. The lowest BCUT2D eigenvalue weighted by atomic mass is 9.95. The van der Waals surface area contributed by atoms with E-state index in [9.17, 15) is 9.59 Å². The van der Waals surface area contributed by atoms with E-state index in [2.05, 4.69) is 17.9 Å². The molecule has 1 fully saturated rings. The van der Waals surface area contributed by atoms with Crippen molar-refractivity contribution < 1.29 is 18.7 Å². The molecular formula is C30H30ClN3O4. The lowest BCUT2D eigenvalue weighted by Crippen LogP contribution is -2.48. The monoisotopic (exact) mass is 531 g/mol. The second kappa shape index (κ2) is 9.97. The molecule has 2 aliphatic rings. The molecule has 0 spiro atoms. The number of nitrogens with zero attached hydrogens (tertiary/aromatic N) is 3. The van der Waals surface area contributed by atoms with E-state index < -0.39 is 0 Å². The van der Waals surface area contributed by atoms with E-state index >= 15 is 0 Å². The fraction of sp³-hybridized carbons (Fsp3) is 0.333. The van der Waals surface area contributed by atoms with Crippen molar-refractivity contribution in [3.63, 3.8) is 0 Å². The average Bonchev–Trinajstić information content (AvgIpc) is 3.54. The predicted octanol–water partition coefficient (Wildman–Crippen LogP) is 5.88. The molecular weight excluding hydrogens is 502 g/mol. The van der Waals surface area contributed by atoms with Crippen molar-refractivity contribution in [2.45, 2.75) is 19.3 Å². The summed E-state index contributed by atoms with van der Waals surface area (Å²) in [5.74, 6) is 0.784. The number of carbonyl (C=O) groups excluding carboxylic acids is 2. The zero-order chi connectivity index (χ0) is 26.4. The summed E-state index contributed by atoms with van der Waals surface area (Å²) in [6, 6.07) is 17.4. The Morgan fingerprint density at radius 2 is 1.79 bits per heavy atom. The van der Waals surface area contributed by atoms with E-state index in [1.165, 1.54) is 5.56 Å². The number of hydrogen-bond donors (Lipinski definition) is 0. The molecule has 3 heterocycles. The SMILES string of the molecule is CCc1ccc2oc(C(=O)N3C[C@@H](CCl)c4c3cc(OC(=O)N3CCN(C)CC3)c3ccccc43)cc2c1. The molecule has 8 heteroatoms. The van der Waals surface area contributed by atoms with Gasteiger partial charge in [-0.25, -0.2) is 4.79 Å². The summed E-state index contributed by atoms with van der Waals surface area (Å²) in [7, 11) is 2.04. The standard InChI is InChI=1S/C30H30ClN3O4/c1-3-19-8-9-25-20(14-19)15-27(37-25)29(35)34-18-21(17-31)28-23-7-5-4-6-22(23)26(16-24(28)34)38-30(36)33-12-10-32(2)11-13-33/h4-9,14-16,21H,3,10-13,17-18H2,1-2H3/t21-/m1/s1. The van der Waals surface area contributed by atoms with Crippen LogP contribution in [0.1, 0.15) is 34.5 Å². The number of amides is 2. The van der Waals surface area contributed by atoms with Gasteiger partial charge in [-0.3, -0.25) is 4.79 Å². The second-order valence-electron chi connectivity index (χ2n) is 10.1. The summed E-state index contributed by atoms with van der Waals surface area (Å²) in [4.78, 5) is 32.5. The maximum Gasteiger partial charge on any atom is 0.415 e. The summed E-state index contributed by atoms with van der Waals surface area (Å²) in [5.41, 5.74) is 3.56. The highest BCUT2D eigenvalue weighted by atomic mass is 35.5. The van der Waals surface area contributed by atoms with Crippen LogP contribution in [0.5, 0.6) is 5.75 Å². The first-order chi connectivity index (χ1) is 18.5. The maximum atomic E-state index is 13.8. The number of carbonyl (C=O) groups is 2. The smallest absolute Gasteiger partial charge is 0.415 e. The van der Waals surface area contributed by atoms with Gasteiger partial charge < -0.3 is 23.9 Å². The van der Waals surface area contributed by atoms with Crippen LogP contribution in [0.4, 0.5) is 10.5 Å². The van der Waals surface area contributed by atoms with Crippen LogP contribution in [0.3, 0.4) is 0 Å². The van der Waals surface area contributed by atoms with Gasteiger partial charge in [0.05, 0.1) is 5.69 Å². The van der Waals surface area contributed by atoms with Gasteiger partial charge >= 0.3 is 6.09 Å². The van der Waals surface area contributed by atoms with E-state index in [1.54, 1.807) is 15.9 Å². The minimum absolute atomic E-state index is 0.0565. The Labute approximate surface area is 226 Å². The first-order valence-corrected chi connectivity index (χ1v) is 13.6. The molecule has 7 nitrogen and oxygen atoms in total. The van der Waals surface area contributed by atoms with Gasteiger partial charge in [-0.15, -0.1) is 11.6 Å². The third-order valence-corrected chi connectivity index (χ3v) is 8.09. The normalized spacial score (nSPS) is 17.8. The number of hydrogen-bond acceptors (Lipinski definition) is 5. The van der Waals surface area contributed by atoms with Crippen LogP contribution in [0.15, 0.2) is 59.0 Å². The summed E-state index contributed by atoms with van der Waals surface area (Å²) >= 11 is 6.43. The van der Waals surface area contributed by atoms with E-state index in [1.807, 2.05) is 49.5 Å². The molecule has 6 rings (SSSR count). The fourth-order valence-electron chi connectivity index (χ4n) is 5.51. The number of likely N-dealkylation sites (N-methyl/N-ethyl adjacent to an activating group) is 1. The number of piperazine rings is 1. The molecule has 2 amide bonds. The van der Waals surface area contributed by atoms with E-state index in [0.717, 1.165) is 41.2 Å². The number of halogens is 1. The molecule has 196 valence electrons. The third kappa shape index (κ3) is 4.29. The van der Waals surface area contributed by atoms with Crippen molar-refractivity contribution in [2.24, 2.45) is 0 Å². The van der Waals surface area contributed by atoms with Crippen LogP contribution < -0.4 is 9.64 Å². The van der Waals surface area contributed by atoms with Crippen LogP contribution in [-0.2, 0) is 6.42 Å². The van der Waals surface area contributed by atoms with Crippen molar-refractivity contribution in [1.82, 2.24) is 9.80 Å². The molecule has 1 saturated heterocycles. The quantitative estimate of drug-likeness (QED) is 0.308. The molecule has 3 aromatic carbocycles. The number of alkyl halides is 1. The molecule has 0 aliphatic carbocycles. The van der Waals surface area contributed by atoms with Crippen molar-refractivity contribution in [3.8, 4) is 5.75 Å². The number of anilines is 1. The highest BCUT2D eigenvalue weighted by molar-refractivity contribution is 6.19. The number of furan rings is 1. The first kappa shape index (κ1) is 24.8. The number of aryl methyl sites for hydroxylation is 1. The largest absolute Gasteiger partial charge is 0.451 e. The zero-order valence-corrected chi connectivity index (χ0v) is 22.3. The molecule has 0 saturated carbocycles. The van der Waals surface area contributed by atoms with Gasteiger partial charge in [-0.2, -0.15) is 0 Å². The molecule has 0 N–H and O–H groups in total. The van der Waals surface area contributed by atoms with Crippen LogP contribution >= 0.6 is 11.6 Å². The lowest BCUT2D eigenvalue weighted by Gasteiger charge is -2.31. The summed E-state index contributed by atoms with van der Waals surface area (Å²) in [6.07, 6.45) is 0.529. The Morgan fingerprint density at radius 1 is 1.03 bits per heavy atom. The molecule has 0 radical (unpaired) electrons. The summed E-state index contributed by atoms with van der Waals surface area (Å²) in [5, 5.41) is 2.67. The zero-order valence-electron chi connectivity index (χ0n) is 21.6. The van der Waals surface area contributed by atoms with Crippen LogP contribution in [0, 0.1) is 0 Å². The van der Waals surface area contributed by atoms with Crippen LogP contribution in [0.25, 0.3) is 21.7 Å². The Bertz CT molecular complexity index is 1540. The van der Waals surface area contributed by atoms with Gasteiger partial charge in [0, 0.05) is 61.4 Å². The number of rotatable bonds is 4. The van der Waals surface area contributed by atoms with Crippen LogP contribution in [-0.4, -0.2) is 67.5 Å². The van der Waals surface area contributed by atoms with E-state index in [0.29, 0.717) is 42.5 Å². The third-order valence-electron chi connectivity index (χ3n) is 7.72. The Morgan fingerprint density at radius 3 is 2.53 bits per heavy atom. The molecule has 1 aromatic heterocycles. The van der Waals surface area contributed by atoms with Crippen molar-refractivity contribution in [1.29, 1.82) is 0 Å². The van der Waals surface area contributed by atoms with E-state index in [4.69, 9.17) is 20.8 Å². The number of fused-ring (bicyclic) bond motifs is 4. The minimum atomic E-state index is -0.378. The highest BCUT2D eigenvalue weighted by Gasteiger charge is 2.36. The summed E-state index contributed by atoms with van der Waals surface area (Å²) in [6.45, 7) is 5.35. The molecule has 1 atom stereocenters. The summed E-state index contributed by atoms with van der Waals surface area (Å²) < 4.78 is 12.0. The van der Waals surface area contributed by atoms with Crippen LogP contribution in [0.2, 0.25) is 0 Å². The van der Waals surface area contributed by atoms with Gasteiger partial charge in [-0.05, 0) is 48.2 Å². The number of benzene rings is 3. The second-order valence-corrected chi connectivity index (χ2v) is 10.4. The van der Waals surface area contributed by atoms with Gasteiger partial charge in [0.15, 0.2) is 5.76 Å². The van der Waals surface area contributed by atoms with Gasteiger partial charge in [0.1, 0.15) is 11.3 Å². The minimum Gasteiger partial charge on any atom is -0.451 e. The molecule has 0 unspecified atom stereocenters. The Kier molecular flexibility index (Phi) is 6.50. The van der Waals surface area contributed by atoms with Gasteiger partial charge in [0.2, 0.25) is 0 Å². The molecule has 38 heavy (non-hydrogen) atoms. The molecule has 0 bridgehead atoms. The Hall–Kier alpha value is -3.55. The topological polar surface area (TPSA) is 66.2 Å². The van der Waals surface area contributed by atoms with Gasteiger partial charge in [-0.1, -0.05) is 37.3 Å². The molecule has 2 aliphatic heterocycles. The predicted molar refractivity (Wildman–Crippen MR) is 150 cm³/mol. The first-order valence-electron chi connectivity index (χ1n) is 13.1. The van der Waals surface area contributed by atoms with Crippen molar-refractivity contribution in [3.05, 3.63) is 71.5 Å². The fourth-order valence-corrected chi connectivity index (χ4v) is 5.77. The van der Waals surface area contributed by atoms with Crippen molar-refractivity contribution in [2.75, 3.05) is 50.6 Å². The lowest BCUT2D eigenvalue weighted by molar-refractivity contribution is 0.0964.